The van der Waals surface area contributed by atoms with Gasteiger partial charge in [0.1, 0.15) is 0 Å². The van der Waals surface area contributed by atoms with Crippen LogP contribution in [0, 0.1) is 0 Å². The third-order valence-corrected chi connectivity index (χ3v) is 3.38. The monoisotopic (exact) mass is 357 g/mol. The second kappa shape index (κ2) is 6.92. The lowest BCUT2D eigenvalue weighted by Crippen LogP contribution is -2.28. The first kappa shape index (κ1) is 13.6. The van der Waals surface area contributed by atoms with E-state index in [1.807, 2.05) is 11.1 Å². The minimum Gasteiger partial charge on any atom is -0.356 e. The molecule has 0 spiro atoms. The molecule has 0 N–H and O–H groups in total. The summed E-state index contributed by atoms with van der Waals surface area (Å²) < 4.78 is 6.20. The Morgan fingerprint density at radius 2 is 2.06 bits per heavy atom. The molecule has 0 atom stereocenters. The predicted octanol–water partition coefficient (Wildman–Crippen LogP) is 3.28. The standard InChI is InChI=1S/C14H16INO2/c1-17-11-18-16-8-7-13(15)10-14(16)9-12-5-3-2-4-6-12/h2-7,10H,8-9,11H2,1H3. The molecule has 0 amide bonds. The van der Waals surface area contributed by atoms with Crippen LogP contribution >= 0.6 is 22.6 Å². The summed E-state index contributed by atoms with van der Waals surface area (Å²) >= 11 is 2.33. The Labute approximate surface area is 121 Å². The summed E-state index contributed by atoms with van der Waals surface area (Å²) in [7, 11) is 1.63. The number of hydroxylamine groups is 2. The third kappa shape index (κ3) is 3.83. The van der Waals surface area contributed by atoms with Gasteiger partial charge in [-0.25, -0.2) is 4.84 Å². The lowest BCUT2D eigenvalue weighted by Gasteiger charge is -2.27. The number of ether oxygens (including phenoxy) is 1. The molecule has 96 valence electrons. The summed E-state index contributed by atoms with van der Waals surface area (Å²) in [5, 5.41) is 1.89. The number of nitrogens with zero attached hydrogens (tertiary/aromatic N) is 1. The Morgan fingerprint density at radius 1 is 1.28 bits per heavy atom. The highest BCUT2D eigenvalue weighted by molar-refractivity contribution is 14.1. The fraction of sp³-hybridized carbons (Fsp3) is 0.286. The van der Waals surface area contributed by atoms with Crippen molar-refractivity contribution < 1.29 is 9.57 Å². The number of methoxy groups -OCH3 is 1. The molecule has 0 saturated heterocycles. The maximum absolute atomic E-state index is 5.56. The minimum absolute atomic E-state index is 0.274. The Bertz CT molecular complexity index is 442. The highest BCUT2D eigenvalue weighted by Gasteiger charge is 2.14. The average molecular weight is 357 g/mol. The van der Waals surface area contributed by atoms with Crippen molar-refractivity contribution in [2.75, 3.05) is 20.4 Å². The van der Waals surface area contributed by atoms with Gasteiger partial charge in [-0.2, -0.15) is 0 Å². The molecule has 2 rings (SSSR count). The summed E-state index contributed by atoms with van der Waals surface area (Å²) in [6.45, 7) is 1.04. The van der Waals surface area contributed by atoms with Crippen molar-refractivity contribution in [3.63, 3.8) is 0 Å². The normalized spacial score (nSPS) is 15.3. The molecule has 1 aromatic rings. The lowest BCUT2D eigenvalue weighted by atomic mass is 10.1. The van der Waals surface area contributed by atoms with Gasteiger partial charge in [0.15, 0.2) is 6.79 Å². The molecular weight excluding hydrogens is 341 g/mol. The predicted molar refractivity (Wildman–Crippen MR) is 80.0 cm³/mol. The molecule has 0 unspecified atom stereocenters. The van der Waals surface area contributed by atoms with Crippen molar-refractivity contribution in [2.24, 2.45) is 0 Å². The van der Waals surface area contributed by atoms with Crippen LogP contribution in [0.25, 0.3) is 0 Å². The van der Waals surface area contributed by atoms with E-state index in [-0.39, 0.29) is 6.79 Å². The van der Waals surface area contributed by atoms with Crippen molar-refractivity contribution in [3.8, 4) is 0 Å². The molecule has 0 radical (unpaired) electrons. The first-order valence-electron chi connectivity index (χ1n) is 5.79. The van der Waals surface area contributed by atoms with Gasteiger partial charge in [-0.3, -0.25) is 5.06 Å². The molecule has 1 heterocycles. The zero-order valence-corrected chi connectivity index (χ0v) is 12.5. The molecule has 3 nitrogen and oxygen atoms in total. The highest BCUT2D eigenvalue weighted by atomic mass is 127. The van der Waals surface area contributed by atoms with Gasteiger partial charge in [0.25, 0.3) is 0 Å². The first-order chi connectivity index (χ1) is 8.79. The smallest absolute Gasteiger partial charge is 0.173 e. The maximum Gasteiger partial charge on any atom is 0.173 e. The molecule has 1 aliphatic heterocycles. The Morgan fingerprint density at radius 3 is 2.78 bits per heavy atom. The van der Waals surface area contributed by atoms with E-state index in [4.69, 9.17) is 9.57 Å². The zero-order chi connectivity index (χ0) is 12.8. The second-order valence-corrected chi connectivity index (χ2v) is 5.23. The molecule has 0 saturated carbocycles. The molecule has 0 aromatic heterocycles. The number of hydrogen-bond donors (Lipinski definition) is 0. The van der Waals surface area contributed by atoms with Crippen LogP contribution in [0.3, 0.4) is 0 Å². The van der Waals surface area contributed by atoms with E-state index >= 15 is 0 Å². The lowest BCUT2D eigenvalue weighted by molar-refractivity contribution is -0.193. The van der Waals surface area contributed by atoms with Crippen LogP contribution in [0.15, 0.2) is 51.8 Å². The van der Waals surface area contributed by atoms with Gasteiger partial charge in [-0.15, -0.1) is 0 Å². The number of benzene rings is 1. The molecule has 4 heteroatoms. The summed E-state index contributed by atoms with van der Waals surface area (Å²) in [6.07, 6.45) is 5.14. The minimum atomic E-state index is 0.274. The van der Waals surface area contributed by atoms with Crippen molar-refractivity contribution in [2.45, 2.75) is 6.42 Å². The van der Waals surface area contributed by atoms with E-state index < -0.39 is 0 Å². The number of rotatable bonds is 5. The average Bonchev–Trinajstić information content (AvgIpc) is 2.39. The van der Waals surface area contributed by atoms with Crippen molar-refractivity contribution >= 4 is 22.6 Å². The third-order valence-electron chi connectivity index (χ3n) is 2.63. The zero-order valence-electron chi connectivity index (χ0n) is 10.3. The van der Waals surface area contributed by atoms with Crippen LogP contribution in [0.5, 0.6) is 0 Å². The highest BCUT2D eigenvalue weighted by Crippen LogP contribution is 2.22. The Hall–Kier alpha value is -0.850. The van der Waals surface area contributed by atoms with Gasteiger partial charge in [0.05, 0.1) is 6.54 Å². The van der Waals surface area contributed by atoms with E-state index in [9.17, 15) is 0 Å². The van der Waals surface area contributed by atoms with Crippen LogP contribution in [-0.4, -0.2) is 25.5 Å². The van der Waals surface area contributed by atoms with E-state index in [0.29, 0.717) is 0 Å². The van der Waals surface area contributed by atoms with Gasteiger partial charge in [-0.05, 0) is 40.3 Å². The summed E-state index contributed by atoms with van der Waals surface area (Å²) in [5.74, 6) is 0. The number of allylic oxidation sites excluding steroid dienone is 3. The van der Waals surface area contributed by atoms with Crippen molar-refractivity contribution in [1.82, 2.24) is 5.06 Å². The van der Waals surface area contributed by atoms with Crippen LogP contribution in [0.4, 0.5) is 0 Å². The van der Waals surface area contributed by atoms with E-state index in [0.717, 1.165) is 18.7 Å². The van der Waals surface area contributed by atoms with Gasteiger partial charge in [0.2, 0.25) is 0 Å². The molecule has 0 aliphatic carbocycles. The fourth-order valence-corrected chi connectivity index (χ4v) is 2.33. The molecule has 18 heavy (non-hydrogen) atoms. The van der Waals surface area contributed by atoms with E-state index in [1.54, 1.807) is 7.11 Å². The van der Waals surface area contributed by atoms with Gasteiger partial charge >= 0.3 is 0 Å². The molecule has 0 bridgehead atoms. The summed E-state index contributed by atoms with van der Waals surface area (Å²) in [5.41, 5.74) is 2.44. The molecule has 0 fully saturated rings. The number of halogens is 1. The SMILES string of the molecule is COCON1CC=C(I)C=C1Cc1ccccc1. The molecular formula is C14H16INO2. The largest absolute Gasteiger partial charge is 0.356 e. The van der Waals surface area contributed by atoms with Gasteiger partial charge in [0, 0.05) is 22.8 Å². The Balaban J connectivity index is 2.08. The van der Waals surface area contributed by atoms with Crippen LogP contribution in [-0.2, 0) is 16.0 Å². The maximum atomic E-state index is 5.56. The summed E-state index contributed by atoms with van der Waals surface area (Å²) in [4.78, 5) is 5.56. The van der Waals surface area contributed by atoms with Crippen LogP contribution < -0.4 is 0 Å². The quantitative estimate of drug-likeness (QED) is 0.596. The van der Waals surface area contributed by atoms with Gasteiger partial charge < -0.3 is 4.74 Å². The van der Waals surface area contributed by atoms with Gasteiger partial charge in [-0.1, -0.05) is 30.3 Å². The Kier molecular flexibility index (Phi) is 5.22. The summed E-state index contributed by atoms with van der Waals surface area (Å²) in [6, 6.07) is 10.4. The van der Waals surface area contributed by atoms with Crippen LogP contribution in [0.1, 0.15) is 5.56 Å². The molecule has 1 aromatic carbocycles. The van der Waals surface area contributed by atoms with Crippen LogP contribution in [0.2, 0.25) is 0 Å². The van der Waals surface area contributed by atoms with E-state index in [2.05, 4.69) is 59.0 Å². The van der Waals surface area contributed by atoms with Crippen molar-refractivity contribution in [3.05, 3.63) is 57.3 Å². The first-order valence-corrected chi connectivity index (χ1v) is 6.87. The number of hydrogen-bond acceptors (Lipinski definition) is 3. The fourth-order valence-electron chi connectivity index (χ4n) is 1.77. The van der Waals surface area contributed by atoms with Crippen molar-refractivity contribution in [1.29, 1.82) is 0 Å². The van der Waals surface area contributed by atoms with E-state index in [1.165, 1.54) is 9.14 Å². The second-order valence-electron chi connectivity index (χ2n) is 3.98. The topological polar surface area (TPSA) is 21.7 Å². The molecule has 1 aliphatic rings.